The fourth-order valence-electron chi connectivity index (χ4n) is 4.79. The monoisotopic (exact) mass is 537 g/mol. The zero-order valence-corrected chi connectivity index (χ0v) is 22.8. The molecule has 2 heterocycles. The Labute approximate surface area is 227 Å². The highest BCUT2D eigenvalue weighted by atomic mass is 16.5. The van der Waals surface area contributed by atoms with E-state index in [0.29, 0.717) is 53.4 Å². The van der Waals surface area contributed by atoms with Gasteiger partial charge in [-0.1, -0.05) is 38.0 Å². The molecular formula is C30H35NO8. The number of ether oxygens (including phenoxy) is 4. The maximum Gasteiger partial charge on any atom is 0.290 e. The highest BCUT2D eigenvalue weighted by Crippen LogP contribution is 2.42. The van der Waals surface area contributed by atoms with Gasteiger partial charge in [0.15, 0.2) is 34.4 Å². The average molecular weight is 538 g/mol. The van der Waals surface area contributed by atoms with E-state index in [0.717, 1.165) is 19.3 Å². The van der Waals surface area contributed by atoms with E-state index in [1.54, 1.807) is 49.6 Å². The van der Waals surface area contributed by atoms with Crippen LogP contribution in [0, 0.1) is 0 Å². The van der Waals surface area contributed by atoms with Crippen molar-refractivity contribution in [3.8, 4) is 17.2 Å². The van der Waals surface area contributed by atoms with Crippen molar-refractivity contribution in [3.05, 3.63) is 65.1 Å². The van der Waals surface area contributed by atoms with Crippen molar-refractivity contribution in [2.75, 3.05) is 41.1 Å². The molecule has 0 fully saturated rings. The van der Waals surface area contributed by atoms with Gasteiger partial charge in [-0.2, -0.15) is 0 Å². The number of amides is 1. The zero-order valence-electron chi connectivity index (χ0n) is 22.8. The Morgan fingerprint density at radius 3 is 2.49 bits per heavy atom. The Balaban J connectivity index is 1.73. The minimum atomic E-state index is -0.861. The lowest BCUT2D eigenvalue weighted by Gasteiger charge is -2.27. The summed E-state index contributed by atoms with van der Waals surface area (Å²) >= 11 is 0. The van der Waals surface area contributed by atoms with Gasteiger partial charge in [-0.25, -0.2) is 0 Å². The van der Waals surface area contributed by atoms with Crippen LogP contribution in [0.5, 0.6) is 17.2 Å². The lowest BCUT2D eigenvalue weighted by molar-refractivity contribution is -0.129. The first kappa shape index (κ1) is 28.0. The molecule has 208 valence electrons. The summed E-state index contributed by atoms with van der Waals surface area (Å²) in [6.07, 6.45) is 3.58. The van der Waals surface area contributed by atoms with Gasteiger partial charge in [-0.3, -0.25) is 9.59 Å². The largest absolute Gasteiger partial charge is 0.503 e. The van der Waals surface area contributed by atoms with Crippen LogP contribution in [0.1, 0.15) is 54.8 Å². The van der Waals surface area contributed by atoms with Gasteiger partial charge in [0, 0.05) is 25.6 Å². The van der Waals surface area contributed by atoms with Crippen LogP contribution in [-0.2, 0) is 9.53 Å². The Kier molecular flexibility index (Phi) is 9.14. The van der Waals surface area contributed by atoms with Crippen LogP contribution in [0.4, 0.5) is 0 Å². The predicted molar refractivity (Wildman–Crippen MR) is 146 cm³/mol. The molecule has 1 aliphatic heterocycles. The normalized spacial score (nSPS) is 15.3. The molecule has 0 saturated heterocycles. The molecule has 4 rings (SSSR count). The van der Waals surface area contributed by atoms with Crippen molar-refractivity contribution in [1.82, 2.24) is 4.90 Å². The first-order valence-electron chi connectivity index (χ1n) is 13.1. The van der Waals surface area contributed by atoms with Crippen LogP contribution in [0.25, 0.3) is 11.0 Å². The third kappa shape index (κ3) is 5.73. The molecule has 0 aliphatic carbocycles. The molecule has 1 amide bonds. The molecule has 2 aromatic carbocycles. The molecule has 0 saturated carbocycles. The van der Waals surface area contributed by atoms with Crippen molar-refractivity contribution in [2.45, 2.75) is 38.6 Å². The molecule has 0 radical (unpaired) electrons. The minimum absolute atomic E-state index is 0.00423. The number of carbonyl (C=O) groups is 2. The number of nitrogens with zero attached hydrogens (tertiary/aromatic N) is 1. The summed E-state index contributed by atoms with van der Waals surface area (Å²) in [6, 6.07) is 11.3. The molecule has 39 heavy (non-hydrogen) atoms. The number of aliphatic hydroxyl groups excluding tert-OH is 1. The molecule has 1 unspecified atom stereocenters. The van der Waals surface area contributed by atoms with Gasteiger partial charge in [0.2, 0.25) is 5.78 Å². The van der Waals surface area contributed by atoms with E-state index in [2.05, 4.69) is 6.92 Å². The summed E-state index contributed by atoms with van der Waals surface area (Å²) in [5.74, 6) is -0.310. The van der Waals surface area contributed by atoms with E-state index in [9.17, 15) is 14.7 Å². The van der Waals surface area contributed by atoms with Crippen LogP contribution >= 0.6 is 0 Å². The van der Waals surface area contributed by atoms with Gasteiger partial charge in [0.1, 0.15) is 0 Å². The molecule has 0 bridgehead atoms. The minimum Gasteiger partial charge on any atom is -0.503 e. The number of benzene rings is 2. The number of methoxy groups -OCH3 is 3. The van der Waals surface area contributed by atoms with Gasteiger partial charge < -0.3 is 33.4 Å². The second kappa shape index (κ2) is 12.7. The quantitative estimate of drug-likeness (QED) is 0.208. The summed E-state index contributed by atoms with van der Waals surface area (Å²) in [7, 11) is 4.63. The first-order valence-corrected chi connectivity index (χ1v) is 13.1. The highest BCUT2D eigenvalue weighted by Gasteiger charge is 2.44. The second-order valence-corrected chi connectivity index (χ2v) is 9.29. The number of para-hydroxylation sites is 1. The molecule has 1 aromatic heterocycles. The van der Waals surface area contributed by atoms with E-state index in [4.69, 9.17) is 23.4 Å². The maximum absolute atomic E-state index is 13.8. The third-order valence-corrected chi connectivity index (χ3v) is 6.76. The van der Waals surface area contributed by atoms with Crippen LogP contribution in [0.2, 0.25) is 0 Å². The van der Waals surface area contributed by atoms with E-state index in [1.165, 1.54) is 19.1 Å². The van der Waals surface area contributed by atoms with Gasteiger partial charge in [0.25, 0.3) is 5.91 Å². The lowest BCUT2D eigenvalue weighted by atomic mass is 9.94. The Morgan fingerprint density at radius 2 is 1.77 bits per heavy atom. The van der Waals surface area contributed by atoms with Gasteiger partial charge in [-0.15, -0.1) is 0 Å². The van der Waals surface area contributed by atoms with Crippen LogP contribution in [0.15, 0.2) is 58.2 Å². The number of Topliss-reactive ketones (excluding diaryl/α,β-unsaturated/α-hetero) is 1. The smallest absolute Gasteiger partial charge is 0.290 e. The number of carbonyl (C=O) groups excluding carboxylic acids is 2. The summed E-state index contributed by atoms with van der Waals surface area (Å²) < 4.78 is 27.9. The number of hydrogen-bond acceptors (Lipinski definition) is 8. The van der Waals surface area contributed by atoms with Gasteiger partial charge in [-0.05, 0) is 42.7 Å². The topological polar surface area (TPSA) is 108 Å². The maximum atomic E-state index is 13.8. The summed E-state index contributed by atoms with van der Waals surface area (Å²) in [4.78, 5) is 28.6. The van der Waals surface area contributed by atoms with E-state index in [1.807, 2.05) is 0 Å². The highest BCUT2D eigenvalue weighted by molar-refractivity contribution is 6.16. The molecule has 1 N–H and O–H groups in total. The molecule has 9 nitrogen and oxygen atoms in total. The first-order chi connectivity index (χ1) is 18.9. The molecule has 9 heteroatoms. The number of unbranched alkanes of at least 4 members (excludes halogenated alkanes) is 2. The predicted octanol–water partition coefficient (Wildman–Crippen LogP) is 5.63. The SMILES string of the molecule is CCCCCOc1ccc(C2C(C(=O)c3cc4cccc(OC)c4o3)=C(O)C(=O)N2CCCOC)cc1OC. The fraction of sp³-hybridized carbons (Fsp3) is 0.400. The summed E-state index contributed by atoms with van der Waals surface area (Å²) in [5.41, 5.74) is 0.946. The molecular weight excluding hydrogens is 502 g/mol. The van der Waals surface area contributed by atoms with Gasteiger partial charge >= 0.3 is 0 Å². The average Bonchev–Trinajstić information content (AvgIpc) is 3.50. The number of fused-ring (bicyclic) bond motifs is 1. The molecule has 1 aliphatic rings. The van der Waals surface area contributed by atoms with Gasteiger partial charge in [0.05, 0.1) is 32.4 Å². The van der Waals surface area contributed by atoms with Crippen LogP contribution in [0.3, 0.4) is 0 Å². The van der Waals surface area contributed by atoms with Crippen LogP contribution < -0.4 is 14.2 Å². The van der Waals surface area contributed by atoms with Crippen molar-refractivity contribution in [1.29, 1.82) is 0 Å². The van der Waals surface area contributed by atoms with E-state index in [-0.39, 0.29) is 17.9 Å². The van der Waals surface area contributed by atoms with Crippen molar-refractivity contribution >= 4 is 22.7 Å². The Bertz CT molecular complexity index is 1360. The summed E-state index contributed by atoms with van der Waals surface area (Å²) in [6.45, 7) is 3.36. The summed E-state index contributed by atoms with van der Waals surface area (Å²) in [5, 5.41) is 11.7. The number of aliphatic hydroxyl groups is 1. The molecule has 1 atom stereocenters. The number of hydrogen-bond donors (Lipinski definition) is 1. The fourth-order valence-corrected chi connectivity index (χ4v) is 4.79. The Hall–Kier alpha value is -3.98. The molecule has 3 aromatic rings. The van der Waals surface area contributed by atoms with Crippen molar-refractivity contribution in [3.63, 3.8) is 0 Å². The standard InChI is InChI=1S/C30H35NO8/c1-5-6-7-16-38-21-13-12-19(17-23(21)37-4)26-25(28(33)30(34)31(26)14-9-15-35-2)27(32)24-18-20-10-8-11-22(36-3)29(20)39-24/h8,10-13,17-18,26,33H,5-7,9,14-16H2,1-4H3. The number of furan rings is 1. The molecule has 0 spiro atoms. The van der Waals surface area contributed by atoms with Crippen molar-refractivity contribution < 1.29 is 38.1 Å². The Morgan fingerprint density at radius 1 is 0.974 bits per heavy atom. The van der Waals surface area contributed by atoms with Crippen molar-refractivity contribution in [2.24, 2.45) is 0 Å². The lowest BCUT2D eigenvalue weighted by Crippen LogP contribution is -2.32. The van der Waals surface area contributed by atoms with E-state index < -0.39 is 23.5 Å². The third-order valence-electron chi connectivity index (χ3n) is 6.76. The number of ketones is 1. The second-order valence-electron chi connectivity index (χ2n) is 9.29. The number of rotatable bonds is 14. The zero-order chi connectivity index (χ0) is 27.9. The van der Waals surface area contributed by atoms with E-state index >= 15 is 0 Å². The van der Waals surface area contributed by atoms with Crippen LogP contribution in [-0.4, -0.2) is 62.8 Å².